The predicted octanol–water partition coefficient (Wildman–Crippen LogP) is 1.36. The summed E-state index contributed by atoms with van der Waals surface area (Å²) in [7, 11) is -3.48. The summed E-state index contributed by atoms with van der Waals surface area (Å²) in [5, 5.41) is 0. The van der Waals surface area contributed by atoms with Crippen LogP contribution in [0.15, 0.2) is 29.1 Å². The molecule has 0 atom stereocenters. The molecule has 0 amide bonds. The lowest BCUT2D eigenvalue weighted by molar-refractivity contribution is 0.571. The maximum absolute atomic E-state index is 11.8. The molecule has 18 heavy (non-hydrogen) atoms. The predicted molar refractivity (Wildman–Crippen MR) is 69.2 cm³/mol. The average Bonchev–Trinajstić information content (AvgIpc) is 2.95. The Morgan fingerprint density at radius 3 is 2.94 bits per heavy atom. The minimum atomic E-state index is -3.48. The van der Waals surface area contributed by atoms with Crippen LogP contribution >= 0.6 is 22.9 Å². The van der Waals surface area contributed by atoms with Crippen molar-refractivity contribution in [2.24, 2.45) is 0 Å². The summed E-state index contributed by atoms with van der Waals surface area (Å²) in [6.45, 7) is 1.07. The lowest BCUT2D eigenvalue weighted by atomic mass is 10.4. The summed E-state index contributed by atoms with van der Waals surface area (Å²) < 4.78 is 28.3. The molecule has 0 spiro atoms. The van der Waals surface area contributed by atoms with Gasteiger partial charge < -0.3 is 4.57 Å². The molecular formula is C9H11ClN4O2S2. The van der Waals surface area contributed by atoms with E-state index >= 15 is 0 Å². The number of thiazole rings is 1. The fourth-order valence-electron chi connectivity index (χ4n) is 1.32. The second kappa shape index (κ2) is 5.79. The molecule has 0 bridgehead atoms. The van der Waals surface area contributed by atoms with Crippen LogP contribution in [-0.2, 0) is 16.6 Å². The van der Waals surface area contributed by atoms with E-state index in [0.717, 1.165) is 11.3 Å². The van der Waals surface area contributed by atoms with Crippen LogP contribution in [0.5, 0.6) is 0 Å². The van der Waals surface area contributed by atoms with Gasteiger partial charge in [0, 0.05) is 25.5 Å². The third-order valence-electron chi connectivity index (χ3n) is 2.17. The van der Waals surface area contributed by atoms with Crippen LogP contribution in [0.1, 0.15) is 6.42 Å². The average molecular weight is 307 g/mol. The van der Waals surface area contributed by atoms with Crippen molar-refractivity contribution < 1.29 is 8.42 Å². The molecule has 2 heterocycles. The molecular weight excluding hydrogens is 296 g/mol. The molecule has 0 fully saturated rings. The van der Waals surface area contributed by atoms with Gasteiger partial charge in [0.2, 0.25) is 0 Å². The van der Waals surface area contributed by atoms with Crippen LogP contribution in [0.4, 0.5) is 0 Å². The van der Waals surface area contributed by atoms with Gasteiger partial charge in [-0.25, -0.2) is 23.1 Å². The van der Waals surface area contributed by atoms with Gasteiger partial charge in [-0.15, -0.1) is 0 Å². The normalized spacial score (nSPS) is 11.8. The number of rotatable bonds is 6. The van der Waals surface area contributed by atoms with Gasteiger partial charge in [-0.05, 0) is 6.42 Å². The van der Waals surface area contributed by atoms with E-state index in [1.807, 2.05) is 10.8 Å². The topological polar surface area (TPSA) is 76.9 Å². The largest absolute Gasteiger partial charge is 0.337 e. The third-order valence-corrected chi connectivity index (χ3v) is 5.20. The Bertz CT molecular complexity index is 594. The minimum absolute atomic E-state index is 0.134. The van der Waals surface area contributed by atoms with Gasteiger partial charge in [-0.2, -0.15) is 0 Å². The van der Waals surface area contributed by atoms with Gasteiger partial charge in [0.05, 0.1) is 12.5 Å². The lowest BCUT2D eigenvalue weighted by Crippen LogP contribution is -2.24. The van der Waals surface area contributed by atoms with Crippen molar-refractivity contribution in [2.75, 3.05) is 6.54 Å². The maximum atomic E-state index is 11.8. The molecule has 0 unspecified atom stereocenters. The van der Waals surface area contributed by atoms with E-state index in [1.54, 1.807) is 12.5 Å². The number of aryl methyl sites for hydroxylation is 1. The van der Waals surface area contributed by atoms with Crippen molar-refractivity contribution in [1.82, 2.24) is 19.3 Å². The van der Waals surface area contributed by atoms with E-state index in [1.165, 1.54) is 6.20 Å². The second-order valence-electron chi connectivity index (χ2n) is 3.48. The highest BCUT2D eigenvalue weighted by Crippen LogP contribution is 2.21. The first-order chi connectivity index (χ1) is 8.58. The molecule has 1 N–H and O–H groups in total. The third kappa shape index (κ3) is 3.52. The van der Waals surface area contributed by atoms with E-state index in [4.69, 9.17) is 11.6 Å². The van der Waals surface area contributed by atoms with Crippen molar-refractivity contribution >= 4 is 33.0 Å². The van der Waals surface area contributed by atoms with Gasteiger partial charge in [-0.1, -0.05) is 22.9 Å². The Hall–Kier alpha value is -0.960. The number of imidazole rings is 1. The Balaban J connectivity index is 1.82. The minimum Gasteiger partial charge on any atom is -0.337 e. The highest BCUT2D eigenvalue weighted by molar-refractivity contribution is 7.91. The summed E-state index contributed by atoms with van der Waals surface area (Å²) in [5.41, 5.74) is 0. The zero-order chi connectivity index (χ0) is 13.0. The summed E-state index contributed by atoms with van der Waals surface area (Å²) in [6, 6.07) is 0. The van der Waals surface area contributed by atoms with Gasteiger partial charge in [-0.3, -0.25) is 0 Å². The highest BCUT2D eigenvalue weighted by Gasteiger charge is 2.16. The molecule has 0 saturated heterocycles. The van der Waals surface area contributed by atoms with E-state index in [-0.39, 0.29) is 8.68 Å². The number of sulfonamides is 1. The summed E-state index contributed by atoms with van der Waals surface area (Å²) in [4.78, 5) is 7.61. The van der Waals surface area contributed by atoms with Crippen molar-refractivity contribution in [2.45, 2.75) is 17.2 Å². The smallest absolute Gasteiger partial charge is 0.251 e. The summed E-state index contributed by atoms with van der Waals surface area (Å²) in [6.07, 6.45) is 7.14. The van der Waals surface area contributed by atoms with Crippen molar-refractivity contribution in [3.8, 4) is 0 Å². The van der Waals surface area contributed by atoms with Crippen LogP contribution in [0.3, 0.4) is 0 Å². The Labute approximate surface area is 114 Å². The van der Waals surface area contributed by atoms with Crippen LogP contribution < -0.4 is 4.72 Å². The molecule has 0 aliphatic rings. The van der Waals surface area contributed by atoms with Crippen LogP contribution in [0.25, 0.3) is 0 Å². The Morgan fingerprint density at radius 1 is 1.50 bits per heavy atom. The van der Waals surface area contributed by atoms with Gasteiger partial charge in [0.1, 0.15) is 0 Å². The number of nitrogens with one attached hydrogen (secondary N) is 1. The molecule has 0 aliphatic carbocycles. The first-order valence-electron chi connectivity index (χ1n) is 5.15. The Kier molecular flexibility index (Phi) is 4.33. The summed E-state index contributed by atoms with van der Waals surface area (Å²) in [5.74, 6) is 0. The quantitative estimate of drug-likeness (QED) is 0.818. The van der Waals surface area contributed by atoms with Gasteiger partial charge in [0.25, 0.3) is 10.0 Å². The standard InChI is InChI=1S/C9H11ClN4O2S2/c10-9-12-6-8(17-9)18(15,16)13-2-1-4-14-5-3-11-7-14/h3,5-7,13H,1-2,4H2. The van der Waals surface area contributed by atoms with Crippen LogP contribution in [0.2, 0.25) is 4.47 Å². The highest BCUT2D eigenvalue weighted by atomic mass is 35.5. The molecule has 0 saturated carbocycles. The second-order valence-corrected chi connectivity index (χ2v) is 7.09. The molecule has 98 valence electrons. The van der Waals surface area contributed by atoms with E-state index < -0.39 is 10.0 Å². The molecule has 6 nitrogen and oxygen atoms in total. The van der Waals surface area contributed by atoms with Gasteiger partial charge in [0.15, 0.2) is 8.68 Å². The number of nitrogens with zero attached hydrogens (tertiary/aromatic N) is 3. The van der Waals surface area contributed by atoms with E-state index in [0.29, 0.717) is 19.5 Å². The SMILES string of the molecule is O=S(=O)(NCCCn1ccnc1)c1cnc(Cl)s1. The molecule has 2 aromatic rings. The molecule has 2 rings (SSSR count). The Morgan fingerprint density at radius 2 is 2.33 bits per heavy atom. The van der Waals surface area contributed by atoms with E-state index in [2.05, 4.69) is 14.7 Å². The van der Waals surface area contributed by atoms with E-state index in [9.17, 15) is 8.42 Å². The zero-order valence-corrected chi connectivity index (χ0v) is 11.7. The number of aromatic nitrogens is 3. The number of hydrogen-bond donors (Lipinski definition) is 1. The molecule has 0 radical (unpaired) electrons. The fourth-order valence-corrected chi connectivity index (χ4v) is 3.73. The molecule has 2 aromatic heterocycles. The van der Waals surface area contributed by atoms with Crippen molar-refractivity contribution in [3.63, 3.8) is 0 Å². The van der Waals surface area contributed by atoms with Crippen molar-refractivity contribution in [1.29, 1.82) is 0 Å². The van der Waals surface area contributed by atoms with Gasteiger partial charge >= 0.3 is 0 Å². The lowest BCUT2D eigenvalue weighted by Gasteiger charge is -2.04. The zero-order valence-electron chi connectivity index (χ0n) is 9.28. The maximum Gasteiger partial charge on any atom is 0.251 e. The molecule has 9 heteroatoms. The monoisotopic (exact) mass is 306 g/mol. The summed E-state index contributed by atoms with van der Waals surface area (Å²) >= 11 is 6.54. The molecule has 0 aliphatic heterocycles. The first-order valence-corrected chi connectivity index (χ1v) is 7.82. The number of halogens is 1. The van der Waals surface area contributed by atoms with Crippen LogP contribution in [0, 0.1) is 0 Å². The van der Waals surface area contributed by atoms with Crippen molar-refractivity contribution in [3.05, 3.63) is 29.4 Å². The fraction of sp³-hybridized carbons (Fsp3) is 0.333. The molecule has 0 aromatic carbocycles. The van der Waals surface area contributed by atoms with Crippen LogP contribution in [-0.4, -0.2) is 29.5 Å². The number of hydrogen-bond acceptors (Lipinski definition) is 5. The first kappa shape index (κ1) is 13.5.